The van der Waals surface area contributed by atoms with Crippen molar-refractivity contribution in [2.45, 2.75) is 32.6 Å². The number of phenols is 1. The number of rotatable bonds is 2. The second-order valence-corrected chi connectivity index (χ2v) is 9.87. The van der Waals surface area contributed by atoms with Crippen molar-refractivity contribution in [2.75, 3.05) is 6.54 Å². The van der Waals surface area contributed by atoms with Crippen molar-refractivity contribution < 1.29 is 24.3 Å². The van der Waals surface area contributed by atoms with Crippen LogP contribution in [-0.2, 0) is 19.2 Å². The average molecular weight is 468 g/mol. The molecule has 0 bridgehead atoms. The molecule has 35 heavy (non-hydrogen) atoms. The van der Waals surface area contributed by atoms with Gasteiger partial charge in [0.2, 0.25) is 11.8 Å². The van der Waals surface area contributed by atoms with Gasteiger partial charge in [-0.25, -0.2) is 0 Å². The summed E-state index contributed by atoms with van der Waals surface area (Å²) in [7, 11) is 0. The fourth-order valence-corrected chi connectivity index (χ4v) is 6.65. The van der Waals surface area contributed by atoms with E-state index in [4.69, 9.17) is 0 Å². The summed E-state index contributed by atoms with van der Waals surface area (Å²) < 4.78 is 0. The van der Waals surface area contributed by atoms with Crippen molar-refractivity contribution in [3.8, 4) is 5.75 Å². The van der Waals surface area contributed by atoms with Crippen LogP contribution >= 0.6 is 0 Å². The Morgan fingerprint density at radius 2 is 1.71 bits per heavy atom. The number of nitrogens with zero attached hydrogens (tertiary/aromatic N) is 1. The van der Waals surface area contributed by atoms with E-state index < -0.39 is 17.8 Å². The molecule has 2 aromatic rings. The number of hydrogen-bond acceptors (Lipinski definition) is 5. The van der Waals surface area contributed by atoms with Crippen LogP contribution in [0, 0.1) is 17.8 Å². The highest BCUT2D eigenvalue weighted by Crippen LogP contribution is 2.56. The topological polar surface area (TPSA) is 91.8 Å². The van der Waals surface area contributed by atoms with Crippen LogP contribution < -0.4 is 0 Å². The van der Waals surface area contributed by atoms with E-state index in [1.165, 1.54) is 11.0 Å². The first-order chi connectivity index (χ1) is 16.8. The minimum atomic E-state index is -0.530. The highest BCUT2D eigenvalue weighted by molar-refractivity contribution is 6.24. The first-order valence-corrected chi connectivity index (χ1v) is 12.1. The Hall–Kier alpha value is -3.80. The van der Waals surface area contributed by atoms with E-state index in [0.29, 0.717) is 35.1 Å². The van der Waals surface area contributed by atoms with Gasteiger partial charge in [-0.15, -0.1) is 0 Å². The molecule has 2 aromatic carbocycles. The SMILES string of the molecule is CCN1C(=O)C2CC=C3C(c4ccc(O)c5ccccc45)C4=C(CC3C2C1=O)C(=O)C=C(C)C4=O. The summed E-state index contributed by atoms with van der Waals surface area (Å²) in [5, 5.41) is 12.0. The van der Waals surface area contributed by atoms with Crippen molar-refractivity contribution in [3.63, 3.8) is 0 Å². The van der Waals surface area contributed by atoms with Crippen LogP contribution in [0.2, 0.25) is 0 Å². The number of likely N-dealkylation sites (tertiary alicyclic amines) is 1. The molecule has 6 nitrogen and oxygen atoms in total. The zero-order valence-electron chi connectivity index (χ0n) is 19.6. The molecule has 0 spiro atoms. The van der Waals surface area contributed by atoms with Gasteiger partial charge >= 0.3 is 0 Å². The van der Waals surface area contributed by atoms with Crippen LogP contribution in [0.4, 0.5) is 0 Å². The zero-order chi connectivity index (χ0) is 24.6. The van der Waals surface area contributed by atoms with E-state index in [0.717, 1.165) is 16.5 Å². The van der Waals surface area contributed by atoms with Gasteiger partial charge in [-0.05, 0) is 55.7 Å². The van der Waals surface area contributed by atoms with Gasteiger partial charge < -0.3 is 5.11 Å². The summed E-state index contributed by atoms with van der Waals surface area (Å²) in [5.74, 6) is -2.36. The lowest BCUT2D eigenvalue weighted by molar-refractivity contribution is -0.139. The normalized spacial score (nSPS) is 28.1. The number of carbonyl (C=O) groups is 4. The Balaban J connectivity index is 1.61. The highest BCUT2D eigenvalue weighted by Gasteiger charge is 2.56. The molecule has 6 heteroatoms. The third kappa shape index (κ3) is 2.89. The maximum absolute atomic E-state index is 13.5. The number of allylic oxidation sites excluding steroid dienone is 6. The number of amides is 2. The molecule has 3 aliphatic carbocycles. The summed E-state index contributed by atoms with van der Waals surface area (Å²) in [4.78, 5) is 54.4. The van der Waals surface area contributed by atoms with Gasteiger partial charge in [-0.1, -0.05) is 42.0 Å². The van der Waals surface area contributed by atoms with Crippen molar-refractivity contribution in [1.29, 1.82) is 0 Å². The molecular weight excluding hydrogens is 442 g/mol. The van der Waals surface area contributed by atoms with E-state index >= 15 is 0 Å². The molecule has 1 fully saturated rings. The zero-order valence-corrected chi connectivity index (χ0v) is 19.6. The van der Waals surface area contributed by atoms with Crippen LogP contribution in [0.1, 0.15) is 38.2 Å². The fourth-order valence-electron chi connectivity index (χ4n) is 6.65. The van der Waals surface area contributed by atoms with Gasteiger partial charge in [-0.3, -0.25) is 24.1 Å². The highest BCUT2D eigenvalue weighted by atomic mass is 16.3. The maximum Gasteiger partial charge on any atom is 0.233 e. The first-order valence-electron chi connectivity index (χ1n) is 12.1. The molecule has 0 aromatic heterocycles. The van der Waals surface area contributed by atoms with Gasteiger partial charge in [0.05, 0.1) is 11.8 Å². The van der Waals surface area contributed by atoms with Crippen molar-refractivity contribution in [1.82, 2.24) is 4.90 Å². The van der Waals surface area contributed by atoms with Crippen LogP contribution in [0.25, 0.3) is 10.8 Å². The second kappa shape index (κ2) is 7.60. The number of aromatic hydroxyl groups is 1. The molecule has 0 saturated carbocycles. The van der Waals surface area contributed by atoms with Gasteiger partial charge in [0.15, 0.2) is 11.6 Å². The van der Waals surface area contributed by atoms with E-state index in [-0.39, 0.29) is 41.5 Å². The lowest BCUT2D eigenvalue weighted by Gasteiger charge is -2.42. The van der Waals surface area contributed by atoms with E-state index in [1.807, 2.05) is 36.4 Å². The van der Waals surface area contributed by atoms with E-state index in [9.17, 15) is 24.3 Å². The second-order valence-electron chi connectivity index (χ2n) is 9.87. The Morgan fingerprint density at radius 1 is 0.971 bits per heavy atom. The van der Waals surface area contributed by atoms with Crippen LogP contribution in [0.5, 0.6) is 5.75 Å². The number of imide groups is 1. The molecule has 0 radical (unpaired) electrons. The predicted octanol–water partition coefficient (Wildman–Crippen LogP) is 3.99. The lowest BCUT2D eigenvalue weighted by Crippen LogP contribution is -2.39. The third-order valence-corrected chi connectivity index (χ3v) is 8.22. The molecule has 1 saturated heterocycles. The summed E-state index contributed by atoms with van der Waals surface area (Å²) >= 11 is 0. The molecule has 1 aliphatic heterocycles. The maximum atomic E-state index is 13.5. The Labute approximate surface area is 202 Å². The monoisotopic (exact) mass is 467 g/mol. The predicted molar refractivity (Wildman–Crippen MR) is 129 cm³/mol. The summed E-state index contributed by atoms with van der Waals surface area (Å²) in [5.41, 5.74) is 3.06. The first kappa shape index (κ1) is 21.7. The molecule has 4 atom stereocenters. The largest absolute Gasteiger partial charge is 0.507 e. The molecule has 4 aliphatic rings. The van der Waals surface area contributed by atoms with Crippen LogP contribution in [0.3, 0.4) is 0 Å². The summed E-state index contributed by atoms with van der Waals surface area (Å²) in [6, 6.07) is 10.9. The summed E-state index contributed by atoms with van der Waals surface area (Å²) in [6.07, 6.45) is 4.13. The number of carbonyl (C=O) groups excluding carboxylic acids is 4. The molecule has 1 heterocycles. The molecule has 6 rings (SSSR count). The quantitative estimate of drug-likeness (QED) is 0.410. The van der Waals surface area contributed by atoms with Gasteiger partial charge in [0, 0.05) is 34.6 Å². The Bertz CT molecular complexity index is 1460. The van der Waals surface area contributed by atoms with Gasteiger partial charge in [-0.2, -0.15) is 0 Å². The van der Waals surface area contributed by atoms with E-state index in [1.54, 1.807) is 19.9 Å². The van der Waals surface area contributed by atoms with Crippen molar-refractivity contribution >= 4 is 34.2 Å². The molecule has 1 N–H and O–H groups in total. The van der Waals surface area contributed by atoms with Crippen LogP contribution in [-0.4, -0.2) is 39.9 Å². The minimum Gasteiger partial charge on any atom is -0.507 e. The Morgan fingerprint density at radius 3 is 2.46 bits per heavy atom. The fraction of sp³-hybridized carbons (Fsp3) is 0.310. The molecule has 2 amide bonds. The number of ketones is 2. The number of hydrogen-bond donors (Lipinski definition) is 1. The third-order valence-electron chi connectivity index (χ3n) is 8.22. The van der Waals surface area contributed by atoms with Gasteiger partial charge in [0.1, 0.15) is 5.75 Å². The van der Waals surface area contributed by atoms with E-state index in [2.05, 4.69) is 0 Å². The summed E-state index contributed by atoms with van der Waals surface area (Å²) in [6.45, 7) is 3.78. The number of Topliss-reactive ketones (excluding diaryl/α,β-unsaturated/α-hetero) is 1. The Kier molecular flexibility index (Phi) is 4.72. The van der Waals surface area contributed by atoms with Gasteiger partial charge in [0.25, 0.3) is 0 Å². The minimum absolute atomic E-state index is 0.140. The molecule has 176 valence electrons. The standard InChI is InChI=1S/C29H25NO5/c1-3-30-28(34)19-9-8-18-20(25(19)29(30)35)13-21-23(32)12-14(2)27(33)26(21)24(18)17-10-11-22(31)16-7-5-4-6-15(16)17/h4-8,10-12,19-20,24-25,31H,3,9,13H2,1-2H3. The van der Waals surface area contributed by atoms with Crippen LogP contribution in [0.15, 0.2) is 70.8 Å². The number of benzene rings is 2. The number of fused-ring (bicyclic) bond motifs is 4. The van der Waals surface area contributed by atoms with Crippen molar-refractivity contribution in [3.05, 3.63) is 76.4 Å². The van der Waals surface area contributed by atoms with Crippen molar-refractivity contribution in [2.24, 2.45) is 17.8 Å². The molecular formula is C29H25NO5. The lowest BCUT2D eigenvalue weighted by atomic mass is 9.59. The average Bonchev–Trinajstić information content (AvgIpc) is 3.11. The smallest absolute Gasteiger partial charge is 0.233 e. The molecule has 4 unspecified atom stereocenters. The number of phenolic OH excluding ortho intramolecular Hbond substituents is 1.